The molecule has 0 aliphatic heterocycles. The molecule has 128 valence electrons. The van der Waals surface area contributed by atoms with Gasteiger partial charge in [0.1, 0.15) is 0 Å². The van der Waals surface area contributed by atoms with Crippen molar-refractivity contribution in [3.05, 3.63) is 0 Å². The quantitative estimate of drug-likeness (QED) is 0.289. The normalized spacial score (nSPS) is 12.7. The number of hydrogen-bond acceptors (Lipinski definition) is 1. The van der Waals surface area contributed by atoms with Crippen molar-refractivity contribution in [2.45, 2.75) is 123 Å². The van der Waals surface area contributed by atoms with Crippen LogP contribution in [0, 0.1) is 0 Å². The molecular weight excluding hydrogens is 254 g/mol. The summed E-state index contributed by atoms with van der Waals surface area (Å²) in [6.07, 6.45) is 22.8. The monoisotopic (exact) mass is 297 g/mol. The van der Waals surface area contributed by atoms with Gasteiger partial charge in [-0.1, -0.05) is 104 Å². The van der Waals surface area contributed by atoms with Crippen LogP contribution in [-0.2, 0) is 0 Å². The zero-order valence-electron chi connectivity index (χ0n) is 15.4. The lowest BCUT2D eigenvalue weighted by molar-refractivity contribution is 0.435. The van der Waals surface area contributed by atoms with Gasteiger partial charge in [0.2, 0.25) is 0 Å². The van der Waals surface area contributed by atoms with Gasteiger partial charge in [-0.3, -0.25) is 0 Å². The summed E-state index contributed by atoms with van der Waals surface area (Å²) in [5.41, 5.74) is 0. The molecule has 0 aromatic rings. The first-order valence-electron chi connectivity index (χ1n) is 10.0. The van der Waals surface area contributed by atoms with E-state index in [9.17, 15) is 0 Å². The Bertz CT molecular complexity index is 179. The standard InChI is InChI=1S/C20H43N/c1-4-6-8-10-12-13-15-17-19-20(21-3)18-16-14-11-9-7-5-2/h20-21H,4-19H2,1-3H3. The van der Waals surface area contributed by atoms with Crippen molar-refractivity contribution in [1.29, 1.82) is 0 Å². The fraction of sp³-hybridized carbons (Fsp3) is 1.00. The van der Waals surface area contributed by atoms with Crippen LogP contribution in [0.4, 0.5) is 0 Å². The molecule has 1 nitrogen and oxygen atoms in total. The molecule has 0 aromatic heterocycles. The first-order valence-corrected chi connectivity index (χ1v) is 10.0. The minimum absolute atomic E-state index is 0.774. The summed E-state index contributed by atoms with van der Waals surface area (Å²) in [5, 5.41) is 3.52. The highest BCUT2D eigenvalue weighted by atomic mass is 14.9. The minimum atomic E-state index is 0.774. The van der Waals surface area contributed by atoms with Crippen molar-refractivity contribution in [2.75, 3.05) is 7.05 Å². The lowest BCUT2D eigenvalue weighted by Gasteiger charge is -2.16. The Hall–Kier alpha value is -0.0400. The Morgan fingerprint density at radius 2 is 0.857 bits per heavy atom. The Labute approximate surface area is 135 Å². The van der Waals surface area contributed by atoms with Crippen LogP contribution in [0.25, 0.3) is 0 Å². The first kappa shape index (κ1) is 21.0. The van der Waals surface area contributed by atoms with Crippen molar-refractivity contribution in [3.8, 4) is 0 Å². The highest BCUT2D eigenvalue weighted by Gasteiger charge is 2.05. The molecule has 0 aromatic carbocycles. The maximum Gasteiger partial charge on any atom is 0.00640 e. The molecule has 0 saturated carbocycles. The lowest BCUT2D eigenvalue weighted by atomic mass is 10.00. The van der Waals surface area contributed by atoms with Crippen molar-refractivity contribution in [1.82, 2.24) is 5.32 Å². The summed E-state index contributed by atoms with van der Waals surface area (Å²) in [4.78, 5) is 0. The zero-order valence-corrected chi connectivity index (χ0v) is 15.4. The molecule has 1 unspecified atom stereocenters. The number of nitrogens with one attached hydrogen (secondary N) is 1. The SMILES string of the molecule is CCCCCCCCCCC(CCCCCCCC)NC. The Kier molecular flexibility index (Phi) is 18.0. The molecule has 1 atom stereocenters. The van der Waals surface area contributed by atoms with Crippen LogP contribution in [-0.4, -0.2) is 13.1 Å². The first-order chi connectivity index (χ1) is 10.3. The molecule has 0 rings (SSSR count). The average molecular weight is 298 g/mol. The molecule has 0 aliphatic carbocycles. The largest absolute Gasteiger partial charge is 0.317 e. The van der Waals surface area contributed by atoms with Crippen molar-refractivity contribution >= 4 is 0 Å². The maximum atomic E-state index is 3.52. The van der Waals surface area contributed by atoms with Gasteiger partial charge in [0.15, 0.2) is 0 Å². The highest BCUT2D eigenvalue weighted by Crippen LogP contribution is 2.14. The predicted octanol–water partition coefficient (Wildman–Crippen LogP) is 6.86. The molecule has 0 radical (unpaired) electrons. The van der Waals surface area contributed by atoms with Crippen LogP contribution < -0.4 is 5.32 Å². The second-order valence-corrected chi connectivity index (χ2v) is 6.81. The van der Waals surface area contributed by atoms with Crippen LogP contribution in [0.15, 0.2) is 0 Å². The van der Waals surface area contributed by atoms with E-state index in [1.807, 2.05) is 0 Å². The summed E-state index contributed by atoms with van der Waals surface area (Å²) in [6, 6.07) is 0.774. The number of hydrogen-bond donors (Lipinski definition) is 1. The van der Waals surface area contributed by atoms with Gasteiger partial charge in [0, 0.05) is 6.04 Å². The van der Waals surface area contributed by atoms with Crippen molar-refractivity contribution < 1.29 is 0 Å². The highest BCUT2D eigenvalue weighted by molar-refractivity contribution is 4.65. The van der Waals surface area contributed by atoms with Gasteiger partial charge in [-0.05, 0) is 19.9 Å². The molecule has 1 heteroatoms. The van der Waals surface area contributed by atoms with Gasteiger partial charge in [-0.25, -0.2) is 0 Å². The Morgan fingerprint density at radius 3 is 1.19 bits per heavy atom. The van der Waals surface area contributed by atoms with Gasteiger partial charge in [0.25, 0.3) is 0 Å². The topological polar surface area (TPSA) is 12.0 Å². The molecule has 1 N–H and O–H groups in total. The summed E-state index contributed by atoms with van der Waals surface area (Å²) in [6.45, 7) is 4.59. The molecule has 0 fully saturated rings. The van der Waals surface area contributed by atoms with Crippen molar-refractivity contribution in [3.63, 3.8) is 0 Å². The van der Waals surface area contributed by atoms with E-state index in [2.05, 4.69) is 26.2 Å². The van der Waals surface area contributed by atoms with Crippen LogP contribution in [0.1, 0.15) is 117 Å². The third-order valence-corrected chi connectivity index (χ3v) is 4.72. The van der Waals surface area contributed by atoms with E-state index < -0.39 is 0 Å². The average Bonchev–Trinajstić information content (AvgIpc) is 2.51. The third-order valence-electron chi connectivity index (χ3n) is 4.72. The van der Waals surface area contributed by atoms with Gasteiger partial charge in [0.05, 0.1) is 0 Å². The molecule has 0 spiro atoms. The van der Waals surface area contributed by atoms with E-state index in [0.717, 1.165) is 6.04 Å². The van der Waals surface area contributed by atoms with E-state index in [1.165, 1.54) is 103 Å². The van der Waals surface area contributed by atoms with E-state index in [1.54, 1.807) is 0 Å². The molecule has 0 saturated heterocycles. The van der Waals surface area contributed by atoms with Crippen LogP contribution >= 0.6 is 0 Å². The minimum Gasteiger partial charge on any atom is -0.317 e. The van der Waals surface area contributed by atoms with E-state index in [4.69, 9.17) is 0 Å². The van der Waals surface area contributed by atoms with Gasteiger partial charge < -0.3 is 5.32 Å². The Morgan fingerprint density at radius 1 is 0.524 bits per heavy atom. The fourth-order valence-electron chi connectivity index (χ4n) is 3.13. The summed E-state index contributed by atoms with van der Waals surface area (Å²) in [7, 11) is 2.15. The van der Waals surface area contributed by atoms with Crippen LogP contribution in [0.3, 0.4) is 0 Å². The third kappa shape index (κ3) is 16.2. The summed E-state index contributed by atoms with van der Waals surface area (Å²) >= 11 is 0. The van der Waals surface area contributed by atoms with E-state index >= 15 is 0 Å². The number of unbranched alkanes of at least 4 members (excludes halogenated alkanes) is 12. The zero-order chi connectivity index (χ0) is 15.6. The van der Waals surface area contributed by atoms with Crippen LogP contribution in [0.2, 0.25) is 0 Å². The Balaban J connectivity index is 3.28. The molecule has 21 heavy (non-hydrogen) atoms. The lowest BCUT2D eigenvalue weighted by Crippen LogP contribution is -2.24. The molecular formula is C20H43N. The molecule has 0 aliphatic rings. The fourth-order valence-corrected chi connectivity index (χ4v) is 3.13. The smallest absolute Gasteiger partial charge is 0.00640 e. The van der Waals surface area contributed by atoms with E-state index in [0.29, 0.717) is 0 Å². The predicted molar refractivity (Wildman–Crippen MR) is 98.1 cm³/mol. The number of rotatable bonds is 17. The second-order valence-electron chi connectivity index (χ2n) is 6.81. The van der Waals surface area contributed by atoms with Gasteiger partial charge in [-0.15, -0.1) is 0 Å². The van der Waals surface area contributed by atoms with Gasteiger partial charge >= 0.3 is 0 Å². The molecule has 0 heterocycles. The summed E-state index contributed by atoms with van der Waals surface area (Å²) in [5.74, 6) is 0. The summed E-state index contributed by atoms with van der Waals surface area (Å²) < 4.78 is 0. The van der Waals surface area contributed by atoms with Crippen molar-refractivity contribution in [2.24, 2.45) is 0 Å². The van der Waals surface area contributed by atoms with E-state index in [-0.39, 0.29) is 0 Å². The van der Waals surface area contributed by atoms with Crippen LogP contribution in [0.5, 0.6) is 0 Å². The second kappa shape index (κ2) is 18.0. The van der Waals surface area contributed by atoms with Gasteiger partial charge in [-0.2, -0.15) is 0 Å². The maximum absolute atomic E-state index is 3.52. The molecule has 0 amide bonds. The molecule has 0 bridgehead atoms.